The van der Waals surface area contributed by atoms with Crippen molar-refractivity contribution in [3.05, 3.63) is 29.3 Å². The van der Waals surface area contributed by atoms with E-state index in [0.29, 0.717) is 10.6 Å². The maximum absolute atomic E-state index is 12.5. The lowest BCUT2D eigenvalue weighted by Gasteiger charge is -2.59. The van der Waals surface area contributed by atoms with Crippen molar-refractivity contribution in [2.24, 2.45) is 23.2 Å². The fourth-order valence-electron chi connectivity index (χ4n) is 6.46. The normalized spacial score (nSPS) is 28.5. The van der Waals surface area contributed by atoms with Crippen LogP contribution in [0.15, 0.2) is 33.9 Å². The number of nitrogens with one attached hydrogen (secondary N) is 1. The quantitative estimate of drug-likeness (QED) is 0.422. The third-order valence-electron chi connectivity index (χ3n) is 7.57. The van der Waals surface area contributed by atoms with E-state index in [4.69, 9.17) is 20.8 Å². The molecule has 1 heterocycles. The number of thioether (sulfide) groups is 1. The highest BCUT2D eigenvalue weighted by Gasteiger charge is 2.53. The summed E-state index contributed by atoms with van der Waals surface area (Å²) in [5, 5.41) is 11.8. The van der Waals surface area contributed by atoms with Gasteiger partial charge in [0.25, 0.3) is 11.1 Å². The Bertz CT molecular complexity index is 1010. The Labute approximate surface area is 202 Å². The number of hydrogen-bond donors (Lipinski definition) is 1. The average molecular weight is 490 g/mol. The van der Waals surface area contributed by atoms with Crippen molar-refractivity contribution in [2.75, 3.05) is 12.4 Å². The standard InChI is InChI=1S/C24H28ClN3O4S/c1-14(24-9-15-6-16(10-24)8-17(7-15)11-24)26-20(29)12-31-21(30)13-33-23-28-27-22(32-23)18-4-2-3-5-19(18)25/h2-5,14-17H,6-13H2,1H3,(H,26,29)/t14-,15?,16?,17?,24?/m1/s1. The summed E-state index contributed by atoms with van der Waals surface area (Å²) in [6, 6.07) is 7.26. The Balaban J connectivity index is 1.07. The van der Waals surface area contributed by atoms with E-state index in [1.165, 1.54) is 38.5 Å². The predicted molar refractivity (Wildman–Crippen MR) is 125 cm³/mol. The monoisotopic (exact) mass is 489 g/mol. The van der Waals surface area contributed by atoms with E-state index in [2.05, 4.69) is 22.4 Å². The minimum Gasteiger partial charge on any atom is -0.455 e. The topological polar surface area (TPSA) is 94.3 Å². The summed E-state index contributed by atoms with van der Waals surface area (Å²) in [5.41, 5.74) is 0.854. The van der Waals surface area contributed by atoms with Gasteiger partial charge in [0.15, 0.2) is 6.61 Å². The van der Waals surface area contributed by atoms with Crippen LogP contribution in [0.3, 0.4) is 0 Å². The van der Waals surface area contributed by atoms with Crippen molar-refractivity contribution in [1.82, 2.24) is 15.5 Å². The molecule has 0 saturated heterocycles. The van der Waals surface area contributed by atoms with Gasteiger partial charge in [-0.05, 0) is 80.8 Å². The van der Waals surface area contributed by atoms with Gasteiger partial charge in [0.05, 0.1) is 10.6 Å². The van der Waals surface area contributed by atoms with Gasteiger partial charge in [-0.15, -0.1) is 10.2 Å². The number of nitrogens with zero attached hydrogens (tertiary/aromatic N) is 2. The number of amides is 1. The van der Waals surface area contributed by atoms with Gasteiger partial charge < -0.3 is 14.5 Å². The summed E-state index contributed by atoms with van der Waals surface area (Å²) in [6.45, 7) is 1.85. The molecule has 1 amide bonds. The van der Waals surface area contributed by atoms with Crippen LogP contribution in [0.5, 0.6) is 0 Å². The average Bonchev–Trinajstić information content (AvgIpc) is 3.24. The highest BCUT2D eigenvalue weighted by atomic mass is 35.5. The van der Waals surface area contributed by atoms with Crippen molar-refractivity contribution < 1.29 is 18.7 Å². The van der Waals surface area contributed by atoms with Crippen LogP contribution in [0.1, 0.15) is 45.4 Å². The summed E-state index contributed by atoms with van der Waals surface area (Å²) in [4.78, 5) is 24.6. The molecular formula is C24H28ClN3O4S. The Morgan fingerprint density at radius 1 is 1.18 bits per heavy atom. The number of carbonyl (C=O) groups is 2. The predicted octanol–water partition coefficient (Wildman–Crippen LogP) is 4.75. The Morgan fingerprint density at radius 3 is 2.52 bits per heavy atom. The molecule has 1 atom stereocenters. The second-order valence-corrected chi connectivity index (χ2v) is 11.2. The molecule has 33 heavy (non-hydrogen) atoms. The van der Waals surface area contributed by atoms with Gasteiger partial charge in [-0.1, -0.05) is 35.5 Å². The molecular weight excluding hydrogens is 462 g/mol. The smallest absolute Gasteiger partial charge is 0.316 e. The molecule has 1 N–H and O–H groups in total. The molecule has 1 aromatic heterocycles. The number of benzene rings is 1. The molecule has 0 aliphatic heterocycles. The van der Waals surface area contributed by atoms with Crippen LogP contribution in [-0.4, -0.2) is 40.5 Å². The summed E-state index contributed by atoms with van der Waals surface area (Å²) < 4.78 is 10.7. The number of carbonyl (C=O) groups excluding carboxylic acids is 2. The minimum absolute atomic E-state index is 0.0258. The van der Waals surface area contributed by atoms with Crippen LogP contribution in [0.25, 0.3) is 11.5 Å². The van der Waals surface area contributed by atoms with E-state index < -0.39 is 5.97 Å². The number of rotatable bonds is 8. The van der Waals surface area contributed by atoms with Crippen LogP contribution in [0.4, 0.5) is 0 Å². The number of halogens is 1. The Kier molecular flexibility index (Phi) is 6.40. The van der Waals surface area contributed by atoms with Crippen LogP contribution in [-0.2, 0) is 14.3 Å². The van der Waals surface area contributed by atoms with E-state index in [1.807, 2.05) is 12.1 Å². The Morgan fingerprint density at radius 2 is 1.85 bits per heavy atom. The Hall–Kier alpha value is -2.06. The largest absolute Gasteiger partial charge is 0.455 e. The second-order valence-electron chi connectivity index (χ2n) is 9.87. The van der Waals surface area contributed by atoms with Gasteiger partial charge in [-0.25, -0.2) is 0 Å². The molecule has 7 nitrogen and oxygen atoms in total. The zero-order valence-corrected chi connectivity index (χ0v) is 20.2. The molecule has 4 fully saturated rings. The molecule has 1 aromatic carbocycles. The maximum atomic E-state index is 12.5. The third kappa shape index (κ3) is 4.92. The molecule has 6 rings (SSSR count). The van der Waals surface area contributed by atoms with Gasteiger partial charge in [0.2, 0.25) is 5.89 Å². The number of aromatic nitrogens is 2. The molecule has 4 aliphatic carbocycles. The highest BCUT2D eigenvalue weighted by molar-refractivity contribution is 7.99. The van der Waals surface area contributed by atoms with E-state index in [0.717, 1.165) is 29.5 Å². The van der Waals surface area contributed by atoms with E-state index in [9.17, 15) is 9.59 Å². The number of hydrogen-bond acceptors (Lipinski definition) is 7. The van der Waals surface area contributed by atoms with Crippen LogP contribution >= 0.6 is 23.4 Å². The lowest BCUT2D eigenvalue weighted by atomic mass is 9.48. The first-order valence-corrected chi connectivity index (χ1v) is 12.9. The van der Waals surface area contributed by atoms with Crippen molar-refractivity contribution in [1.29, 1.82) is 0 Å². The SMILES string of the molecule is C[C@@H](NC(=O)COC(=O)CSc1nnc(-c2ccccc2Cl)o1)C12CC3CC(CC(C3)C1)C2. The van der Waals surface area contributed by atoms with Crippen LogP contribution < -0.4 is 5.32 Å². The molecule has 0 unspecified atom stereocenters. The molecule has 0 spiro atoms. The van der Waals surface area contributed by atoms with Crippen molar-refractivity contribution >= 4 is 35.2 Å². The van der Waals surface area contributed by atoms with Gasteiger partial charge in [-0.3, -0.25) is 9.59 Å². The fourth-order valence-corrected chi connectivity index (χ4v) is 7.24. The molecule has 2 aromatic rings. The van der Waals surface area contributed by atoms with Crippen molar-refractivity contribution in [3.63, 3.8) is 0 Å². The van der Waals surface area contributed by atoms with Crippen LogP contribution in [0.2, 0.25) is 5.02 Å². The summed E-state index contributed by atoms with van der Waals surface area (Å²) in [6.07, 6.45) is 7.77. The van der Waals surface area contributed by atoms with Gasteiger partial charge in [0, 0.05) is 6.04 Å². The highest BCUT2D eigenvalue weighted by Crippen LogP contribution is 2.61. The first-order chi connectivity index (χ1) is 15.9. The molecule has 4 saturated carbocycles. The van der Waals surface area contributed by atoms with E-state index >= 15 is 0 Å². The van der Waals surface area contributed by atoms with E-state index in [-0.39, 0.29) is 40.8 Å². The molecule has 4 aliphatic rings. The van der Waals surface area contributed by atoms with Gasteiger partial charge in [-0.2, -0.15) is 0 Å². The number of esters is 1. The molecule has 9 heteroatoms. The third-order valence-corrected chi connectivity index (χ3v) is 8.69. The van der Waals surface area contributed by atoms with Gasteiger partial charge in [0.1, 0.15) is 5.75 Å². The van der Waals surface area contributed by atoms with Crippen LogP contribution in [0, 0.1) is 23.2 Å². The summed E-state index contributed by atoms with van der Waals surface area (Å²) >= 11 is 7.21. The first-order valence-electron chi connectivity index (χ1n) is 11.6. The number of ether oxygens (including phenoxy) is 1. The molecule has 0 radical (unpaired) electrons. The van der Waals surface area contributed by atoms with Crippen molar-refractivity contribution in [3.8, 4) is 11.5 Å². The zero-order chi connectivity index (χ0) is 23.0. The summed E-state index contributed by atoms with van der Waals surface area (Å²) in [7, 11) is 0. The van der Waals surface area contributed by atoms with Gasteiger partial charge >= 0.3 is 5.97 Å². The van der Waals surface area contributed by atoms with E-state index in [1.54, 1.807) is 12.1 Å². The minimum atomic E-state index is -0.505. The lowest BCUT2D eigenvalue weighted by molar-refractivity contribution is -0.147. The zero-order valence-electron chi connectivity index (χ0n) is 18.6. The second kappa shape index (κ2) is 9.29. The molecule has 176 valence electrons. The molecule has 4 bridgehead atoms. The summed E-state index contributed by atoms with van der Waals surface area (Å²) in [5.74, 6) is 2.00. The lowest BCUT2D eigenvalue weighted by Crippen LogP contribution is -2.56. The first kappa shape index (κ1) is 22.7. The van der Waals surface area contributed by atoms with Crippen molar-refractivity contribution in [2.45, 2.75) is 56.7 Å². The maximum Gasteiger partial charge on any atom is 0.316 e. The fraction of sp³-hybridized carbons (Fsp3) is 0.583.